The summed E-state index contributed by atoms with van der Waals surface area (Å²) in [4.78, 5) is 4.75. The van der Waals surface area contributed by atoms with Crippen LogP contribution in [0.4, 0.5) is 11.6 Å². The van der Waals surface area contributed by atoms with E-state index in [1.54, 1.807) is 0 Å². The first-order valence-corrected chi connectivity index (χ1v) is 10.3. The molecule has 8 heteroatoms. The van der Waals surface area contributed by atoms with E-state index in [9.17, 15) is 0 Å². The van der Waals surface area contributed by atoms with E-state index in [0.717, 1.165) is 55.8 Å². The molecule has 2 aromatic carbocycles. The Morgan fingerprint density at radius 2 is 1.40 bits per heavy atom. The number of hydrogen-bond acceptors (Lipinski definition) is 4. The van der Waals surface area contributed by atoms with Crippen LogP contribution < -0.4 is 9.80 Å². The molecule has 0 N–H and O–H groups in total. The predicted molar refractivity (Wildman–Crippen MR) is 128 cm³/mol. The van der Waals surface area contributed by atoms with E-state index in [2.05, 4.69) is 74.1 Å². The van der Waals surface area contributed by atoms with Crippen LogP contribution in [0.5, 0.6) is 0 Å². The monoisotopic (exact) mass is 465 g/mol. The van der Waals surface area contributed by atoms with Crippen LogP contribution in [0.15, 0.2) is 54.6 Å². The standard InChI is InChI=1S/C22H24ClN5.2ClH/c1-26-20(22(11-12-22)17-5-3-2-4-6-17)24-25-21(26)28-15-13-27(14-16-28)19-9-7-18(23)8-10-19;;/h2-10H,11-16H2,1H3;2*1H. The first-order valence-electron chi connectivity index (χ1n) is 9.88. The highest BCUT2D eigenvalue weighted by Crippen LogP contribution is 2.52. The molecule has 1 aliphatic carbocycles. The molecule has 0 atom stereocenters. The summed E-state index contributed by atoms with van der Waals surface area (Å²) >= 11 is 6.01. The van der Waals surface area contributed by atoms with Crippen LogP contribution in [0.1, 0.15) is 24.2 Å². The molecule has 2 fully saturated rings. The van der Waals surface area contributed by atoms with Gasteiger partial charge in [0.05, 0.1) is 5.41 Å². The van der Waals surface area contributed by atoms with Gasteiger partial charge in [-0.1, -0.05) is 41.9 Å². The van der Waals surface area contributed by atoms with E-state index >= 15 is 0 Å². The van der Waals surface area contributed by atoms with E-state index < -0.39 is 0 Å². The molecular formula is C22H26Cl3N5. The lowest BCUT2D eigenvalue weighted by Gasteiger charge is -2.36. The summed E-state index contributed by atoms with van der Waals surface area (Å²) in [6, 6.07) is 18.8. The van der Waals surface area contributed by atoms with Gasteiger partial charge in [0.15, 0.2) is 0 Å². The molecule has 1 aliphatic heterocycles. The van der Waals surface area contributed by atoms with Crippen LogP contribution in [0.2, 0.25) is 5.02 Å². The topological polar surface area (TPSA) is 37.2 Å². The Kier molecular flexibility index (Phi) is 6.85. The second-order valence-electron chi connectivity index (χ2n) is 7.78. The molecule has 3 aromatic rings. The van der Waals surface area contributed by atoms with Crippen molar-refractivity contribution in [1.82, 2.24) is 14.8 Å². The fraction of sp³-hybridized carbons (Fsp3) is 0.364. The highest BCUT2D eigenvalue weighted by atomic mass is 35.5. The molecule has 0 unspecified atom stereocenters. The molecule has 1 aromatic heterocycles. The normalized spacial score (nSPS) is 17.1. The number of nitrogens with zero attached hydrogens (tertiary/aromatic N) is 5. The Morgan fingerprint density at radius 3 is 2.00 bits per heavy atom. The van der Waals surface area contributed by atoms with Crippen molar-refractivity contribution >= 4 is 48.1 Å². The van der Waals surface area contributed by atoms with Gasteiger partial charge in [-0.2, -0.15) is 0 Å². The molecule has 30 heavy (non-hydrogen) atoms. The Labute approximate surface area is 194 Å². The molecule has 0 amide bonds. The molecule has 5 nitrogen and oxygen atoms in total. The SMILES string of the molecule is Cl.Cl.Cn1c(N2CCN(c3ccc(Cl)cc3)CC2)nnc1C1(c2ccccc2)CC1. The summed E-state index contributed by atoms with van der Waals surface area (Å²) in [5.41, 5.74) is 2.63. The lowest BCUT2D eigenvalue weighted by Crippen LogP contribution is -2.47. The van der Waals surface area contributed by atoms with Gasteiger partial charge in [-0.15, -0.1) is 35.0 Å². The van der Waals surface area contributed by atoms with Crippen molar-refractivity contribution in [3.8, 4) is 0 Å². The van der Waals surface area contributed by atoms with Gasteiger partial charge < -0.3 is 9.80 Å². The van der Waals surface area contributed by atoms with Gasteiger partial charge in [-0.25, -0.2) is 0 Å². The molecule has 0 spiro atoms. The fourth-order valence-corrected chi connectivity index (χ4v) is 4.48. The quantitative estimate of drug-likeness (QED) is 0.557. The number of halogens is 3. The number of piperazine rings is 1. The molecule has 1 saturated heterocycles. The smallest absolute Gasteiger partial charge is 0.227 e. The Hall–Kier alpha value is -1.95. The van der Waals surface area contributed by atoms with Crippen molar-refractivity contribution in [1.29, 1.82) is 0 Å². The Balaban J connectivity index is 0.00000128. The lowest BCUT2D eigenvalue weighted by atomic mass is 9.95. The third kappa shape index (κ3) is 3.98. The van der Waals surface area contributed by atoms with Crippen molar-refractivity contribution in [3.05, 3.63) is 71.0 Å². The van der Waals surface area contributed by atoms with Crippen LogP contribution in [-0.2, 0) is 12.5 Å². The number of anilines is 2. The molecule has 5 rings (SSSR count). The van der Waals surface area contributed by atoms with Gasteiger partial charge in [-0.05, 0) is 42.7 Å². The maximum absolute atomic E-state index is 6.01. The zero-order valence-electron chi connectivity index (χ0n) is 16.9. The van der Waals surface area contributed by atoms with Crippen LogP contribution in [0.25, 0.3) is 0 Å². The second kappa shape index (κ2) is 9.04. The molecule has 1 saturated carbocycles. The van der Waals surface area contributed by atoms with Gasteiger partial charge >= 0.3 is 0 Å². The molecule has 2 heterocycles. The molecule has 0 radical (unpaired) electrons. The minimum absolute atomic E-state index is 0. The predicted octanol–water partition coefficient (Wildman–Crippen LogP) is 4.72. The maximum atomic E-state index is 6.01. The van der Waals surface area contributed by atoms with Crippen molar-refractivity contribution in [2.75, 3.05) is 36.0 Å². The number of aromatic nitrogens is 3. The van der Waals surface area contributed by atoms with Gasteiger partial charge in [0, 0.05) is 43.9 Å². The molecule has 160 valence electrons. The molecule has 2 aliphatic rings. The number of benzene rings is 2. The molecular weight excluding hydrogens is 441 g/mol. The fourth-order valence-electron chi connectivity index (χ4n) is 4.35. The number of rotatable bonds is 4. The first-order chi connectivity index (χ1) is 13.7. The van der Waals surface area contributed by atoms with E-state index in [1.807, 2.05) is 12.1 Å². The first kappa shape index (κ1) is 22.7. The van der Waals surface area contributed by atoms with Crippen LogP contribution in [0, 0.1) is 0 Å². The van der Waals surface area contributed by atoms with Gasteiger partial charge in [0.1, 0.15) is 5.82 Å². The zero-order chi connectivity index (χ0) is 19.1. The van der Waals surface area contributed by atoms with E-state index in [-0.39, 0.29) is 30.2 Å². The van der Waals surface area contributed by atoms with E-state index in [0.29, 0.717) is 0 Å². The van der Waals surface area contributed by atoms with Crippen LogP contribution in [0.3, 0.4) is 0 Å². The summed E-state index contributed by atoms with van der Waals surface area (Å²) in [5, 5.41) is 9.99. The highest BCUT2D eigenvalue weighted by molar-refractivity contribution is 6.30. The van der Waals surface area contributed by atoms with Crippen LogP contribution in [-0.4, -0.2) is 40.9 Å². The van der Waals surface area contributed by atoms with E-state index in [1.165, 1.54) is 11.3 Å². The Morgan fingerprint density at radius 1 is 0.800 bits per heavy atom. The average molecular weight is 467 g/mol. The third-order valence-electron chi connectivity index (χ3n) is 6.11. The molecule has 0 bridgehead atoms. The summed E-state index contributed by atoms with van der Waals surface area (Å²) in [6.45, 7) is 3.81. The van der Waals surface area contributed by atoms with Gasteiger partial charge in [-0.3, -0.25) is 4.57 Å². The van der Waals surface area contributed by atoms with Crippen LogP contribution >= 0.6 is 36.4 Å². The summed E-state index contributed by atoms with van der Waals surface area (Å²) in [7, 11) is 2.11. The highest BCUT2D eigenvalue weighted by Gasteiger charge is 2.50. The van der Waals surface area contributed by atoms with Crippen molar-refractivity contribution in [2.45, 2.75) is 18.3 Å². The average Bonchev–Trinajstić information content (AvgIpc) is 3.46. The van der Waals surface area contributed by atoms with Gasteiger partial charge in [0.25, 0.3) is 0 Å². The van der Waals surface area contributed by atoms with E-state index in [4.69, 9.17) is 11.6 Å². The maximum Gasteiger partial charge on any atom is 0.227 e. The van der Waals surface area contributed by atoms with Crippen molar-refractivity contribution in [3.63, 3.8) is 0 Å². The largest absolute Gasteiger partial charge is 0.368 e. The summed E-state index contributed by atoms with van der Waals surface area (Å²) < 4.78 is 2.21. The van der Waals surface area contributed by atoms with Crippen molar-refractivity contribution in [2.24, 2.45) is 7.05 Å². The minimum atomic E-state index is 0. The van der Waals surface area contributed by atoms with Gasteiger partial charge in [0.2, 0.25) is 5.95 Å². The third-order valence-corrected chi connectivity index (χ3v) is 6.36. The number of hydrogen-bond donors (Lipinski definition) is 0. The Bertz CT molecular complexity index is 962. The summed E-state index contributed by atoms with van der Waals surface area (Å²) in [6.07, 6.45) is 2.29. The zero-order valence-corrected chi connectivity index (χ0v) is 19.3. The second-order valence-corrected chi connectivity index (χ2v) is 8.22. The minimum Gasteiger partial charge on any atom is -0.368 e. The summed E-state index contributed by atoms with van der Waals surface area (Å²) in [5.74, 6) is 2.07. The van der Waals surface area contributed by atoms with Crippen molar-refractivity contribution < 1.29 is 0 Å². The lowest BCUT2D eigenvalue weighted by molar-refractivity contribution is 0.621.